The zero-order chi connectivity index (χ0) is 12.1. The van der Waals surface area contributed by atoms with Gasteiger partial charge in [0.15, 0.2) is 0 Å². The monoisotopic (exact) mass is 231 g/mol. The summed E-state index contributed by atoms with van der Waals surface area (Å²) in [6.07, 6.45) is 3.79. The normalized spacial score (nSPS) is 10.2. The predicted molar refractivity (Wildman–Crippen MR) is 62.2 cm³/mol. The van der Waals surface area contributed by atoms with E-state index < -0.39 is 0 Å². The van der Waals surface area contributed by atoms with E-state index in [1.165, 1.54) is 12.5 Å². The molecule has 1 aromatic carbocycles. The van der Waals surface area contributed by atoms with E-state index in [2.05, 4.69) is 4.98 Å². The molecule has 0 amide bonds. The number of nitrogens with zero attached hydrogens (tertiary/aromatic N) is 1. The number of hydrogen-bond acceptors (Lipinski definition) is 4. The van der Waals surface area contributed by atoms with Gasteiger partial charge in [-0.1, -0.05) is 6.92 Å². The summed E-state index contributed by atoms with van der Waals surface area (Å²) in [5.74, 6) is 0.639. The van der Waals surface area contributed by atoms with Crippen molar-refractivity contribution < 1.29 is 13.9 Å². The van der Waals surface area contributed by atoms with Crippen LogP contribution < -0.4 is 4.74 Å². The number of carbonyl (C=O) groups excluding carboxylic acids is 1. The predicted octanol–water partition coefficient (Wildman–Crippen LogP) is 2.69. The van der Waals surface area contributed by atoms with Crippen LogP contribution >= 0.6 is 0 Å². The number of oxazole rings is 1. The lowest BCUT2D eigenvalue weighted by molar-refractivity contribution is 0.100. The lowest BCUT2D eigenvalue weighted by atomic mass is 10.1. The van der Waals surface area contributed by atoms with Crippen molar-refractivity contribution in [2.75, 3.05) is 6.61 Å². The van der Waals surface area contributed by atoms with Crippen molar-refractivity contribution in [3.8, 4) is 5.75 Å². The first kappa shape index (κ1) is 11.4. The van der Waals surface area contributed by atoms with E-state index in [4.69, 9.17) is 9.15 Å². The van der Waals surface area contributed by atoms with Gasteiger partial charge in [0.25, 0.3) is 5.89 Å². The van der Waals surface area contributed by atoms with Gasteiger partial charge >= 0.3 is 0 Å². The SMILES string of the molecule is CCCOc1ccc(C(=O)c2ncco2)cc1. The van der Waals surface area contributed by atoms with Gasteiger partial charge in [0.2, 0.25) is 5.78 Å². The molecule has 0 radical (unpaired) electrons. The number of ketones is 1. The van der Waals surface area contributed by atoms with Gasteiger partial charge in [-0.2, -0.15) is 0 Å². The van der Waals surface area contributed by atoms with Crippen LogP contribution in [0.25, 0.3) is 0 Å². The van der Waals surface area contributed by atoms with Crippen LogP contribution in [-0.2, 0) is 0 Å². The lowest BCUT2D eigenvalue weighted by Gasteiger charge is -2.04. The van der Waals surface area contributed by atoms with E-state index in [0.29, 0.717) is 12.2 Å². The Bertz CT molecular complexity index is 474. The average Bonchev–Trinajstić information content (AvgIpc) is 2.90. The van der Waals surface area contributed by atoms with Crippen LogP contribution in [0.15, 0.2) is 41.1 Å². The Hall–Kier alpha value is -2.10. The highest BCUT2D eigenvalue weighted by Gasteiger charge is 2.13. The van der Waals surface area contributed by atoms with Gasteiger partial charge in [0.05, 0.1) is 12.8 Å². The van der Waals surface area contributed by atoms with E-state index >= 15 is 0 Å². The van der Waals surface area contributed by atoms with Crippen molar-refractivity contribution in [1.29, 1.82) is 0 Å². The summed E-state index contributed by atoms with van der Waals surface area (Å²) < 4.78 is 10.4. The molecule has 0 N–H and O–H groups in total. The molecule has 0 fully saturated rings. The molecule has 0 aliphatic carbocycles. The molecule has 0 bridgehead atoms. The average molecular weight is 231 g/mol. The van der Waals surface area contributed by atoms with Gasteiger partial charge in [-0.3, -0.25) is 4.79 Å². The third kappa shape index (κ3) is 2.72. The molecule has 2 rings (SSSR count). The van der Waals surface area contributed by atoms with Gasteiger partial charge in [-0.05, 0) is 30.7 Å². The first-order valence-corrected chi connectivity index (χ1v) is 5.48. The molecule has 0 aliphatic rings. The number of benzene rings is 1. The second-order valence-electron chi connectivity index (χ2n) is 3.54. The van der Waals surface area contributed by atoms with E-state index in [1.807, 2.05) is 6.92 Å². The topological polar surface area (TPSA) is 52.3 Å². The Morgan fingerprint density at radius 1 is 1.35 bits per heavy atom. The molecular formula is C13H13NO3. The molecule has 0 aliphatic heterocycles. The standard InChI is InChI=1S/C13H13NO3/c1-2-8-16-11-5-3-10(4-6-11)12(15)13-14-7-9-17-13/h3-7,9H,2,8H2,1H3. The van der Waals surface area contributed by atoms with Gasteiger partial charge in [0, 0.05) is 5.56 Å². The van der Waals surface area contributed by atoms with Crippen molar-refractivity contribution in [2.24, 2.45) is 0 Å². The van der Waals surface area contributed by atoms with Crippen molar-refractivity contribution in [2.45, 2.75) is 13.3 Å². The van der Waals surface area contributed by atoms with Gasteiger partial charge in [-0.15, -0.1) is 0 Å². The van der Waals surface area contributed by atoms with E-state index in [1.54, 1.807) is 24.3 Å². The molecule has 4 heteroatoms. The summed E-state index contributed by atoms with van der Waals surface area (Å²) >= 11 is 0. The minimum Gasteiger partial charge on any atom is -0.494 e. The molecule has 88 valence electrons. The van der Waals surface area contributed by atoms with Gasteiger partial charge in [0.1, 0.15) is 12.0 Å². The van der Waals surface area contributed by atoms with Crippen LogP contribution in [0.1, 0.15) is 29.6 Å². The van der Waals surface area contributed by atoms with E-state index in [0.717, 1.165) is 12.2 Å². The Morgan fingerprint density at radius 2 is 2.12 bits per heavy atom. The molecule has 0 spiro atoms. The quantitative estimate of drug-likeness (QED) is 0.742. The smallest absolute Gasteiger partial charge is 0.268 e. The molecule has 0 saturated carbocycles. The minimum absolute atomic E-state index is 0.104. The van der Waals surface area contributed by atoms with Crippen LogP contribution in [0.5, 0.6) is 5.75 Å². The zero-order valence-electron chi connectivity index (χ0n) is 9.55. The molecule has 2 aromatic rings. The van der Waals surface area contributed by atoms with Crippen LogP contribution in [-0.4, -0.2) is 17.4 Å². The van der Waals surface area contributed by atoms with Crippen molar-refractivity contribution in [3.05, 3.63) is 48.2 Å². The molecule has 0 atom stereocenters. The second-order valence-corrected chi connectivity index (χ2v) is 3.54. The molecule has 17 heavy (non-hydrogen) atoms. The van der Waals surface area contributed by atoms with Crippen LogP contribution in [0.4, 0.5) is 0 Å². The Labute approximate surface area is 99.2 Å². The van der Waals surface area contributed by atoms with Crippen molar-refractivity contribution in [1.82, 2.24) is 4.98 Å². The fourth-order valence-corrected chi connectivity index (χ4v) is 1.38. The number of hydrogen-bond donors (Lipinski definition) is 0. The molecule has 1 aromatic heterocycles. The fraction of sp³-hybridized carbons (Fsp3) is 0.231. The van der Waals surface area contributed by atoms with Crippen LogP contribution in [0.2, 0.25) is 0 Å². The summed E-state index contributed by atoms with van der Waals surface area (Å²) in [5.41, 5.74) is 0.538. The Kier molecular flexibility index (Phi) is 3.55. The summed E-state index contributed by atoms with van der Waals surface area (Å²) in [5, 5.41) is 0. The highest BCUT2D eigenvalue weighted by atomic mass is 16.5. The van der Waals surface area contributed by atoms with Crippen LogP contribution in [0, 0.1) is 0 Å². The summed E-state index contributed by atoms with van der Waals surface area (Å²) in [7, 11) is 0. The Morgan fingerprint density at radius 3 is 2.71 bits per heavy atom. The number of rotatable bonds is 5. The largest absolute Gasteiger partial charge is 0.494 e. The van der Waals surface area contributed by atoms with E-state index in [9.17, 15) is 4.79 Å². The number of aromatic nitrogens is 1. The summed E-state index contributed by atoms with van der Waals surface area (Å²) in [6.45, 7) is 2.72. The first-order chi connectivity index (χ1) is 8.31. The highest BCUT2D eigenvalue weighted by Crippen LogP contribution is 2.14. The lowest BCUT2D eigenvalue weighted by Crippen LogP contribution is -2.01. The minimum atomic E-state index is -0.225. The third-order valence-corrected chi connectivity index (χ3v) is 2.22. The first-order valence-electron chi connectivity index (χ1n) is 5.48. The molecule has 4 nitrogen and oxygen atoms in total. The fourth-order valence-electron chi connectivity index (χ4n) is 1.38. The number of ether oxygens (including phenoxy) is 1. The number of carbonyl (C=O) groups is 1. The maximum absolute atomic E-state index is 11.8. The molecule has 0 unspecified atom stereocenters. The molecular weight excluding hydrogens is 218 g/mol. The van der Waals surface area contributed by atoms with Gasteiger partial charge < -0.3 is 9.15 Å². The summed E-state index contributed by atoms with van der Waals surface area (Å²) in [6, 6.07) is 6.95. The zero-order valence-corrected chi connectivity index (χ0v) is 9.55. The van der Waals surface area contributed by atoms with Crippen LogP contribution in [0.3, 0.4) is 0 Å². The molecule has 0 saturated heterocycles. The summed E-state index contributed by atoms with van der Waals surface area (Å²) in [4.78, 5) is 15.7. The van der Waals surface area contributed by atoms with E-state index in [-0.39, 0.29) is 11.7 Å². The van der Waals surface area contributed by atoms with Crippen molar-refractivity contribution >= 4 is 5.78 Å². The Balaban J connectivity index is 2.10. The molecule has 1 heterocycles. The van der Waals surface area contributed by atoms with Gasteiger partial charge in [-0.25, -0.2) is 4.98 Å². The highest BCUT2D eigenvalue weighted by molar-refractivity contribution is 6.05. The maximum atomic E-state index is 11.8. The van der Waals surface area contributed by atoms with Crippen molar-refractivity contribution in [3.63, 3.8) is 0 Å². The maximum Gasteiger partial charge on any atom is 0.268 e. The third-order valence-electron chi connectivity index (χ3n) is 2.22. The second kappa shape index (κ2) is 5.30.